The highest BCUT2D eigenvalue weighted by atomic mass is 16.5. The van der Waals surface area contributed by atoms with E-state index in [4.69, 9.17) is 10.5 Å². The summed E-state index contributed by atoms with van der Waals surface area (Å²) in [6.45, 7) is 0.798. The molecule has 5 nitrogen and oxygen atoms in total. The van der Waals surface area contributed by atoms with Crippen molar-refractivity contribution in [1.82, 2.24) is 10.3 Å². The highest BCUT2D eigenvalue weighted by molar-refractivity contribution is 5.87. The van der Waals surface area contributed by atoms with E-state index in [0.717, 1.165) is 39.9 Å². The summed E-state index contributed by atoms with van der Waals surface area (Å²) in [4.78, 5) is 16.9. The number of nitrogens with zero attached hydrogens (tertiary/aromatic N) is 1. The molecule has 0 bridgehead atoms. The first kappa shape index (κ1) is 21.2. The Hall–Kier alpha value is -3.08. The van der Waals surface area contributed by atoms with Gasteiger partial charge in [0.05, 0.1) is 12.6 Å². The van der Waals surface area contributed by atoms with E-state index >= 15 is 0 Å². The lowest BCUT2D eigenvalue weighted by Crippen LogP contribution is -2.30. The van der Waals surface area contributed by atoms with Gasteiger partial charge in [0.15, 0.2) is 0 Å². The average molecular weight is 418 g/mol. The van der Waals surface area contributed by atoms with E-state index in [1.165, 1.54) is 32.1 Å². The number of nitrogens with one attached hydrogen (secondary N) is 1. The molecule has 4 rings (SSSR count). The first-order valence-corrected chi connectivity index (χ1v) is 11.2. The number of aryl methyl sites for hydroxylation is 1. The molecular weight excluding hydrogens is 386 g/mol. The summed E-state index contributed by atoms with van der Waals surface area (Å²) in [7, 11) is 1.68. The molecular formula is C26H31N3O2. The summed E-state index contributed by atoms with van der Waals surface area (Å²) in [6.07, 6.45) is 7.39. The van der Waals surface area contributed by atoms with Crippen LogP contribution in [0.4, 0.5) is 5.82 Å². The van der Waals surface area contributed by atoms with Gasteiger partial charge in [-0.05, 0) is 60.6 Å². The quantitative estimate of drug-likeness (QED) is 0.559. The van der Waals surface area contributed by atoms with E-state index in [-0.39, 0.29) is 5.91 Å². The molecule has 1 saturated carbocycles. The molecule has 1 fully saturated rings. The number of pyridine rings is 1. The van der Waals surface area contributed by atoms with Crippen molar-refractivity contribution in [2.75, 3.05) is 19.4 Å². The number of carbonyl (C=O) groups is 1. The van der Waals surface area contributed by atoms with Crippen LogP contribution in [0, 0.1) is 5.92 Å². The van der Waals surface area contributed by atoms with Gasteiger partial charge in [-0.1, -0.05) is 43.5 Å². The fraction of sp³-hybridized carbons (Fsp3) is 0.385. The zero-order valence-electron chi connectivity index (χ0n) is 18.2. The maximum absolute atomic E-state index is 12.4. The van der Waals surface area contributed by atoms with Gasteiger partial charge < -0.3 is 15.8 Å². The third kappa shape index (κ3) is 5.16. The van der Waals surface area contributed by atoms with Crippen molar-refractivity contribution in [3.63, 3.8) is 0 Å². The molecule has 1 aliphatic carbocycles. The van der Waals surface area contributed by atoms with E-state index in [1.54, 1.807) is 7.11 Å². The number of methoxy groups -OCH3 is 1. The summed E-state index contributed by atoms with van der Waals surface area (Å²) < 4.78 is 5.51. The van der Waals surface area contributed by atoms with Crippen LogP contribution in [0.1, 0.15) is 44.1 Å². The van der Waals surface area contributed by atoms with Crippen LogP contribution in [0.2, 0.25) is 0 Å². The third-order valence-electron chi connectivity index (χ3n) is 6.28. The molecule has 0 spiro atoms. The Labute approximate surface area is 184 Å². The van der Waals surface area contributed by atoms with Gasteiger partial charge in [-0.25, -0.2) is 4.98 Å². The second kappa shape index (κ2) is 9.82. The zero-order valence-corrected chi connectivity index (χ0v) is 18.2. The number of aromatic nitrogens is 1. The summed E-state index contributed by atoms with van der Waals surface area (Å²) in [5.41, 5.74) is 10.1. The molecule has 1 amide bonds. The molecule has 0 radical (unpaired) electrons. The van der Waals surface area contributed by atoms with Crippen molar-refractivity contribution < 1.29 is 9.53 Å². The fourth-order valence-electron chi connectivity index (χ4n) is 4.47. The Balaban J connectivity index is 1.46. The number of benzene rings is 2. The van der Waals surface area contributed by atoms with Crippen molar-refractivity contribution in [1.29, 1.82) is 0 Å². The number of para-hydroxylation sites is 1. The van der Waals surface area contributed by atoms with E-state index in [2.05, 4.69) is 22.4 Å². The highest BCUT2D eigenvalue weighted by Gasteiger charge is 2.15. The van der Waals surface area contributed by atoms with Gasteiger partial charge >= 0.3 is 0 Å². The molecule has 0 aliphatic heterocycles. The van der Waals surface area contributed by atoms with Crippen LogP contribution < -0.4 is 15.8 Å². The van der Waals surface area contributed by atoms with Crippen molar-refractivity contribution in [3.8, 4) is 16.9 Å². The van der Waals surface area contributed by atoms with Gasteiger partial charge in [-0.15, -0.1) is 0 Å². The van der Waals surface area contributed by atoms with E-state index < -0.39 is 0 Å². The average Bonchev–Trinajstić information content (AvgIpc) is 2.81. The van der Waals surface area contributed by atoms with E-state index in [9.17, 15) is 4.79 Å². The van der Waals surface area contributed by atoms with Crippen LogP contribution in [0.15, 0.2) is 48.5 Å². The molecule has 1 aromatic heterocycles. The normalized spacial score (nSPS) is 14.5. The molecule has 31 heavy (non-hydrogen) atoms. The number of anilines is 1. The number of ether oxygens (including phenoxy) is 1. The minimum atomic E-state index is 0.0906. The second-order valence-electron chi connectivity index (χ2n) is 8.45. The SMILES string of the molecule is COc1ccccc1-c1ccc2nc(N)c(CCC(=O)NCC3CCCCC3)cc2c1. The monoisotopic (exact) mass is 417 g/mol. The number of nitrogen functional groups attached to an aromatic ring is 1. The van der Waals surface area contributed by atoms with Gasteiger partial charge in [0.25, 0.3) is 0 Å². The molecule has 3 N–H and O–H groups in total. The van der Waals surface area contributed by atoms with E-state index in [1.807, 2.05) is 36.4 Å². The van der Waals surface area contributed by atoms with Crippen molar-refractivity contribution in [3.05, 3.63) is 54.1 Å². The van der Waals surface area contributed by atoms with Gasteiger partial charge in [0, 0.05) is 23.9 Å². The standard InChI is InChI=1S/C26H31N3O2/c1-31-24-10-6-5-9-22(24)19-11-13-23-21(15-19)16-20(26(27)29-23)12-14-25(30)28-17-18-7-3-2-4-8-18/h5-6,9-11,13,15-16,18H,2-4,7-8,12,14,17H2,1H3,(H2,27,29)(H,28,30). The molecule has 0 atom stereocenters. The molecule has 2 aromatic carbocycles. The molecule has 1 heterocycles. The van der Waals surface area contributed by atoms with Gasteiger partial charge in [0.2, 0.25) is 5.91 Å². The number of rotatable bonds is 7. The Kier molecular flexibility index (Phi) is 6.70. The van der Waals surface area contributed by atoms with Crippen molar-refractivity contribution >= 4 is 22.6 Å². The van der Waals surface area contributed by atoms with Crippen LogP contribution in [-0.4, -0.2) is 24.5 Å². The predicted octanol–water partition coefficient (Wildman–Crippen LogP) is 5.12. The smallest absolute Gasteiger partial charge is 0.220 e. The summed E-state index contributed by atoms with van der Waals surface area (Å²) in [5, 5.41) is 4.12. The van der Waals surface area contributed by atoms with Crippen LogP contribution in [0.25, 0.3) is 22.0 Å². The van der Waals surface area contributed by atoms with Crippen molar-refractivity contribution in [2.24, 2.45) is 5.92 Å². The number of hydrogen-bond acceptors (Lipinski definition) is 4. The molecule has 0 unspecified atom stereocenters. The number of hydrogen-bond donors (Lipinski definition) is 2. The lowest BCUT2D eigenvalue weighted by molar-refractivity contribution is -0.121. The summed E-state index contributed by atoms with van der Waals surface area (Å²) in [5.74, 6) is 2.06. The maximum atomic E-state index is 12.4. The lowest BCUT2D eigenvalue weighted by atomic mass is 9.89. The van der Waals surface area contributed by atoms with Crippen LogP contribution in [-0.2, 0) is 11.2 Å². The second-order valence-corrected chi connectivity index (χ2v) is 8.45. The Morgan fingerprint density at radius 3 is 2.74 bits per heavy atom. The number of nitrogens with two attached hydrogens (primary N) is 1. The van der Waals surface area contributed by atoms with Crippen LogP contribution in [0.3, 0.4) is 0 Å². The van der Waals surface area contributed by atoms with E-state index in [0.29, 0.717) is 24.6 Å². The largest absolute Gasteiger partial charge is 0.496 e. The fourth-order valence-corrected chi connectivity index (χ4v) is 4.47. The highest BCUT2D eigenvalue weighted by Crippen LogP contribution is 2.32. The van der Waals surface area contributed by atoms with Gasteiger partial charge in [-0.2, -0.15) is 0 Å². The van der Waals surface area contributed by atoms with Crippen LogP contribution in [0.5, 0.6) is 5.75 Å². The van der Waals surface area contributed by atoms with Crippen LogP contribution >= 0.6 is 0 Å². The summed E-state index contributed by atoms with van der Waals surface area (Å²) in [6, 6.07) is 16.1. The minimum absolute atomic E-state index is 0.0906. The number of amides is 1. The molecule has 5 heteroatoms. The van der Waals surface area contributed by atoms with Crippen molar-refractivity contribution in [2.45, 2.75) is 44.9 Å². The third-order valence-corrected chi connectivity index (χ3v) is 6.28. The lowest BCUT2D eigenvalue weighted by Gasteiger charge is -2.21. The number of carbonyl (C=O) groups excluding carboxylic acids is 1. The minimum Gasteiger partial charge on any atom is -0.496 e. The number of fused-ring (bicyclic) bond motifs is 1. The topological polar surface area (TPSA) is 77.2 Å². The zero-order chi connectivity index (χ0) is 21.6. The molecule has 162 valence electrons. The Bertz CT molecular complexity index is 1060. The Morgan fingerprint density at radius 1 is 1.13 bits per heavy atom. The first-order valence-electron chi connectivity index (χ1n) is 11.2. The first-order chi connectivity index (χ1) is 15.1. The van der Waals surface area contributed by atoms with Gasteiger partial charge in [-0.3, -0.25) is 4.79 Å². The molecule has 3 aromatic rings. The molecule has 0 saturated heterocycles. The maximum Gasteiger partial charge on any atom is 0.220 e. The predicted molar refractivity (Wildman–Crippen MR) is 126 cm³/mol. The molecule has 1 aliphatic rings. The summed E-state index contributed by atoms with van der Waals surface area (Å²) >= 11 is 0. The Morgan fingerprint density at radius 2 is 1.94 bits per heavy atom. The van der Waals surface area contributed by atoms with Gasteiger partial charge in [0.1, 0.15) is 11.6 Å².